The minimum atomic E-state index is 1.24. The number of aryl methyl sites for hydroxylation is 2. The third kappa shape index (κ3) is 2.80. The van der Waals surface area contributed by atoms with Gasteiger partial charge in [0.05, 0.1) is 0 Å². The van der Waals surface area contributed by atoms with Gasteiger partial charge in [-0.1, -0.05) is 77.9 Å². The third-order valence-electron chi connectivity index (χ3n) is 3.49. The number of benzene rings is 3. The zero-order chi connectivity index (χ0) is 13.9. The Morgan fingerprint density at radius 3 is 2.00 bits per heavy atom. The first-order valence-electron chi connectivity index (χ1n) is 6.96. The lowest BCUT2D eigenvalue weighted by Crippen LogP contribution is -1.80. The topological polar surface area (TPSA) is 0 Å². The van der Waals surface area contributed by atoms with Crippen LogP contribution in [0.1, 0.15) is 22.3 Å². The molecule has 98 valence electrons. The molecule has 0 heterocycles. The second kappa shape index (κ2) is 5.34. The molecule has 20 heavy (non-hydrogen) atoms. The van der Waals surface area contributed by atoms with Gasteiger partial charge in [0.1, 0.15) is 0 Å². The Kier molecular flexibility index (Phi) is 3.39. The fraction of sp³-hybridized carbons (Fsp3) is 0.100. The summed E-state index contributed by atoms with van der Waals surface area (Å²) in [6.07, 6.45) is 4.37. The highest BCUT2D eigenvalue weighted by Crippen LogP contribution is 2.18. The molecule has 0 aliphatic carbocycles. The first-order valence-corrected chi connectivity index (χ1v) is 6.96. The number of fused-ring (bicyclic) bond motifs is 1. The van der Waals surface area contributed by atoms with E-state index in [1.165, 1.54) is 33.0 Å². The van der Waals surface area contributed by atoms with Crippen molar-refractivity contribution in [2.24, 2.45) is 0 Å². The van der Waals surface area contributed by atoms with Gasteiger partial charge in [0, 0.05) is 0 Å². The first kappa shape index (κ1) is 12.7. The molecule has 0 radical (unpaired) electrons. The quantitative estimate of drug-likeness (QED) is 0.523. The summed E-state index contributed by atoms with van der Waals surface area (Å²) in [4.78, 5) is 0. The molecule has 3 aromatic rings. The Labute approximate surface area is 120 Å². The molecule has 0 bridgehead atoms. The number of hydrogen-bond acceptors (Lipinski definition) is 0. The summed E-state index contributed by atoms with van der Waals surface area (Å²) in [5.74, 6) is 0. The van der Waals surface area contributed by atoms with Crippen LogP contribution in [0.15, 0.2) is 60.7 Å². The molecule has 3 rings (SSSR count). The predicted octanol–water partition coefficient (Wildman–Crippen LogP) is 5.63. The van der Waals surface area contributed by atoms with E-state index in [1.807, 2.05) is 0 Å². The van der Waals surface area contributed by atoms with Gasteiger partial charge in [-0.15, -0.1) is 0 Å². The molecule has 0 amide bonds. The van der Waals surface area contributed by atoms with E-state index in [0.717, 1.165) is 0 Å². The van der Waals surface area contributed by atoms with Gasteiger partial charge in [0.15, 0.2) is 0 Å². The van der Waals surface area contributed by atoms with Gasteiger partial charge in [-0.05, 0) is 41.8 Å². The van der Waals surface area contributed by atoms with Gasteiger partial charge in [-0.2, -0.15) is 0 Å². The van der Waals surface area contributed by atoms with E-state index in [-0.39, 0.29) is 0 Å². The van der Waals surface area contributed by atoms with Crippen LogP contribution in [0.3, 0.4) is 0 Å². The van der Waals surface area contributed by atoms with E-state index in [1.54, 1.807) is 0 Å². The normalized spacial score (nSPS) is 11.3. The van der Waals surface area contributed by atoms with Crippen LogP contribution in [0, 0.1) is 13.8 Å². The first-order chi connectivity index (χ1) is 9.70. The highest BCUT2D eigenvalue weighted by Gasteiger charge is 1.94. The van der Waals surface area contributed by atoms with Crippen molar-refractivity contribution < 1.29 is 0 Å². The van der Waals surface area contributed by atoms with Gasteiger partial charge >= 0.3 is 0 Å². The van der Waals surface area contributed by atoms with Crippen molar-refractivity contribution in [3.05, 3.63) is 82.9 Å². The highest BCUT2D eigenvalue weighted by molar-refractivity contribution is 5.86. The molecule has 0 saturated carbocycles. The van der Waals surface area contributed by atoms with E-state index in [2.05, 4.69) is 86.7 Å². The maximum absolute atomic E-state index is 2.23. The van der Waals surface area contributed by atoms with Crippen LogP contribution in [0.5, 0.6) is 0 Å². The molecular formula is C20H18. The smallest absolute Gasteiger partial charge is 0.0178 e. The molecule has 0 saturated heterocycles. The average molecular weight is 258 g/mol. The monoisotopic (exact) mass is 258 g/mol. The van der Waals surface area contributed by atoms with Crippen LogP contribution < -0.4 is 0 Å². The van der Waals surface area contributed by atoms with Crippen LogP contribution >= 0.6 is 0 Å². The lowest BCUT2D eigenvalue weighted by molar-refractivity contribution is 1.37. The maximum Gasteiger partial charge on any atom is -0.0178 e. The van der Waals surface area contributed by atoms with Crippen molar-refractivity contribution in [1.82, 2.24) is 0 Å². The number of rotatable bonds is 2. The minimum Gasteiger partial charge on any atom is -0.0616 e. The maximum atomic E-state index is 2.23. The molecule has 0 atom stereocenters. The lowest BCUT2D eigenvalue weighted by Gasteiger charge is -2.01. The largest absolute Gasteiger partial charge is 0.0616 e. The Balaban J connectivity index is 1.93. The standard InChI is InChI=1S/C20H18/c1-15-11-16(2)13-18(12-15)8-7-17-9-10-19-5-3-4-6-20(19)14-17/h3-14H,1-2H3/b8-7+. The van der Waals surface area contributed by atoms with Crippen LogP contribution in [-0.2, 0) is 0 Å². The molecule has 0 unspecified atom stereocenters. The van der Waals surface area contributed by atoms with Crippen molar-refractivity contribution in [3.8, 4) is 0 Å². The fourth-order valence-electron chi connectivity index (χ4n) is 2.61. The van der Waals surface area contributed by atoms with E-state index in [0.29, 0.717) is 0 Å². The van der Waals surface area contributed by atoms with Crippen molar-refractivity contribution >= 4 is 22.9 Å². The van der Waals surface area contributed by atoms with Crippen molar-refractivity contribution in [1.29, 1.82) is 0 Å². The van der Waals surface area contributed by atoms with Crippen molar-refractivity contribution in [2.45, 2.75) is 13.8 Å². The van der Waals surface area contributed by atoms with Gasteiger partial charge in [-0.25, -0.2) is 0 Å². The molecular weight excluding hydrogens is 240 g/mol. The molecule has 0 aliphatic heterocycles. The lowest BCUT2D eigenvalue weighted by atomic mass is 10.0. The Hall–Kier alpha value is -2.34. The summed E-state index contributed by atoms with van der Waals surface area (Å²) < 4.78 is 0. The molecule has 0 nitrogen and oxygen atoms in total. The zero-order valence-electron chi connectivity index (χ0n) is 11.9. The molecule has 0 heteroatoms. The molecule has 0 aromatic heterocycles. The summed E-state index contributed by atoms with van der Waals surface area (Å²) in [6, 6.07) is 21.7. The van der Waals surface area contributed by atoms with Gasteiger partial charge in [0.25, 0.3) is 0 Å². The van der Waals surface area contributed by atoms with Crippen molar-refractivity contribution in [2.75, 3.05) is 0 Å². The Bertz CT molecular complexity index is 759. The second-order valence-electron chi connectivity index (χ2n) is 5.36. The predicted molar refractivity (Wildman–Crippen MR) is 88.8 cm³/mol. The summed E-state index contributed by atoms with van der Waals surface area (Å²) in [7, 11) is 0. The van der Waals surface area contributed by atoms with Gasteiger partial charge < -0.3 is 0 Å². The molecule has 0 fully saturated rings. The fourth-order valence-corrected chi connectivity index (χ4v) is 2.61. The molecule has 3 aromatic carbocycles. The average Bonchev–Trinajstić information content (AvgIpc) is 2.44. The van der Waals surface area contributed by atoms with Crippen LogP contribution in [0.2, 0.25) is 0 Å². The summed E-state index contributed by atoms with van der Waals surface area (Å²) in [5, 5.41) is 2.58. The van der Waals surface area contributed by atoms with E-state index < -0.39 is 0 Å². The van der Waals surface area contributed by atoms with Gasteiger partial charge in [0.2, 0.25) is 0 Å². The third-order valence-corrected chi connectivity index (χ3v) is 3.49. The molecule has 0 aliphatic rings. The molecule has 0 spiro atoms. The SMILES string of the molecule is Cc1cc(C)cc(/C=C/c2ccc3ccccc3c2)c1. The summed E-state index contributed by atoms with van der Waals surface area (Å²) in [6.45, 7) is 4.28. The zero-order valence-corrected chi connectivity index (χ0v) is 11.9. The second-order valence-corrected chi connectivity index (χ2v) is 5.36. The number of hydrogen-bond donors (Lipinski definition) is 0. The van der Waals surface area contributed by atoms with Crippen LogP contribution in [0.4, 0.5) is 0 Å². The molecule has 0 N–H and O–H groups in total. The summed E-state index contributed by atoms with van der Waals surface area (Å²) in [5.41, 5.74) is 5.12. The minimum absolute atomic E-state index is 1.24. The van der Waals surface area contributed by atoms with E-state index >= 15 is 0 Å². The van der Waals surface area contributed by atoms with Crippen LogP contribution in [-0.4, -0.2) is 0 Å². The van der Waals surface area contributed by atoms with E-state index in [9.17, 15) is 0 Å². The van der Waals surface area contributed by atoms with E-state index in [4.69, 9.17) is 0 Å². The Morgan fingerprint density at radius 2 is 1.25 bits per heavy atom. The van der Waals surface area contributed by atoms with Crippen molar-refractivity contribution in [3.63, 3.8) is 0 Å². The summed E-state index contributed by atoms with van der Waals surface area (Å²) >= 11 is 0. The van der Waals surface area contributed by atoms with Crippen LogP contribution in [0.25, 0.3) is 22.9 Å². The van der Waals surface area contributed by atoms with Gasteiger partial charge in [-0.3, -0.25) is 0 Å². The Morgan fingerprint density at radius 1 is 0.600 bits per heavy atom. The highest BCUT2D eigenvalue weighted by atomic mass is 14.0.